The topological polar surface area (TPSA) is 52.4 Å². The van der Waals surface area contributed by atoms with E-state index in [1.54, 1.807) is 30.8 Å². The lowest BCUT2D eigenvalue weighted by atomic mass is 10.3. The highest BCUT2D eigenvalue weighted by atomic mass is 35.5. The third kappa shape index (κ3) is 4.09. The third-order valence-corrected chi connectivity index (χ3v) is 3.72. The molecule has 0 spiro atoms. The van der Waals surface area contributed by atoms with E-state index < -0.39 is 4.92 Å². The Kier molecular flexibility index (Phi) is 5.58. The maximum Gasteiger partial charge on any atom is 0.310 e. The SMILES string of the molecule is CCOc1cc(SC(C)CCl)ccc1[N+](=O)[O-]. The summed E-state index contributed by atoms with van der Waals surface area (Å²) in [5.41, 5.74) is -0.00488. The molecule has 1 aromatic rings. The van der Waals surface area contributed by atoms with E-state index in [0.717, 1.165) is 4.90 Å². The van der Waals surface area contributed by atoms with Gasteiger partial charge in [0.1, 0.15) is 0 Å². The van der Waals surface area contributed by atoms with Gasteiger partial charge in [-0.15, -0.1) is 23.4 Å². The number of nitro benzene ring substituents is 1. The number of hydrogen-bond donors (Lipinski definition) is 0. The van der Waals surface area contributed by atoms with E-state index in [0.29, 0.717) is 18.2 Å². The number of alkyl halides is 1. The van der Waals surface area contributed by atoms with E-state index in [1.807, 2.05) is 6.92 Å². The summed E-state index contributed by atoms with van der Waals surface area (Å²) in [6.07, 6.45) is 0. The number of thioether (sulfide) groups is 1. The average molecular weight is 276 g/mol. The lowest BCUT2D eigenvalue weighted by molar-refractivity contribution is -0.385. The first-order chi connectivity index (χ1) is 8.08. The molecule has 0 aliphatic heterocycles. The monoisotopic (exact) mass is 275 g/mol. The molecule has 1 aromatic carbocycles. The molecule has 0 bridgehead atoms. The fourth-order valence-corrected chi connectivity index (χ4v) is 2.29. The number of nitrogens with zero attached hydrogens (tertiary/aromatic N) is 1. The predicted octanol–water partition coefficient (Wildman–Crippen LogP) is 3.71. The quantitative estimate of drug-likeness (QED) is 0.344. The van der Waals surface area contributed by atoms with Crippen LogP contribution in [-0.2, 0) is 0 Å². The van der Waals surface area contributed by atoms with Crippen molar-refractivity contribution in [1.82, 2.24) is 0 Å². The van der Waals surface area contributed by atoms with Crippen LogP contribution in [0.1, 0.15) is 13.8 Å². The first-order valence-corrected chi connectivity index (χ1v) is 6.63. The zero-order chi connectivity index (χ0) is 12.8. The largest absolute Gasteiger partial charge is 0.487 e. The van der Waals surface area contributed by atoms with Crippen molar-refractivity contribution < 1.29 is 9.66 Å². The van der Waals surface area contributed by atoms with Gasteiger partial charge < -0.3 is 4.74 Å². The molecule has 0 saturated heterocycles. The molecule has 0 fully saturated rings. The molecule has 0 aromatic heterocycles. The lowest BCUT2D eigenvalue weighted by Crippen LogP contribution is -1.99. The van der Waals surface area contributed by atoms with Crippen molar-refractivity contribution in [3.8, 4) is 5.75 Å². The van der Waals surface area contributed by atoms with Crippen LogP contribution in [0.2, 0.25) is 0 Å². The molecule has 1 unspecified atom stereocenters. The Morgan fingerprint density at radius 3 is 2.82 bits per heavy atom. The highest BCUT2D eigenvalue weighted by molar-refractivity contribution is 8.00. The van der Waals surface area contributed by atoms with Crippen LogP contribution in [0.3, 0.4) is 0 Å². The summed E-state index contributed by atoms with van der Waals surface area (Å²) in [7, 11) is 0. The number of rotatable bonds is 6. The van der Waals surface area contributed by atoms with Gasteiger partial charge in [0.15, 0.2) is 5.75 Å². The van der Waals surface area contributed by atoms with Crippen LogP contribution in [-0.4, -0.2) is 22.7 Å². The molecular weight excluding hydrogens is 262 g/mol. The Hall–Kier alpha value is -0.940. The first kappa shape index (κ1) is 14.1. The molecule has 6 heteroatoms. The van der Waals surface area contributed by atoms with Crippen LogP contribution in [0.25, 0.3) is 0 Å². The molecule has 1 atom stereocenters. The fraction of sp³-hybridized carbons (Fsp3) is 0.455. The van der Waals surface area contributed by atoms with E-state index in [4.69, 9.17) is 16.3 Å². The Morgan fingerprint density at radius 1 is 1.59 bits per heavy atom. The van der Waals surface area contributed by atoms with Crippen LogP contribution in [0.15, 0.2) is 23.1 Å². The Bertz CT molecular complexity index is 400. The van der Waals surface area contributed by atoms with Crippen LogP contribution >= 0.6 is 23.4 Å². The van der Waals surface area contributed by atoms with Gasteiger partial charge in [-0.1, -0.05) is 6.92 Å². The molecule has 0 aliphatic rings. The van der Waals surface area contributed by atoms with Crippen molar-refractivity contribution >= 4 is 29.1 Å². The van der Waals surface area contributed by atoms with Gasteiger partial charge in [0.2, 0.25) is 0 Å². The van der Waals surface area contributed by atoms with Crippen molar-refractivity contribution in [2.24, 2.45) is 0 Å². The highest BCUT2D eigenvalue weighted by Gasteiger charge is 2.16. The summed E-state index contributed by atoms with van der Waals surface area (Å²) in [5.74, 6) is 0.843. The summed E-state index contributed by atoms with van der Waals surface area (Å²) in [4.78, 5) is 11.3. The minimum absolute atomic E-state index is 0.00488. The van der Waals surface area contributed by atoms with E-state index in [1.165, 1.54) is 6.07 Å². The van der Waals surface area contributed by atoms with Crippen LogP contribution in [0, 0.1) is 10.1 Å². The van der Waals surface area contributed by atoms with Crippen molar-refractivity contribution in [3.05, 3.63) is 28.3 Å². The second-order valence-electron chi connectivity index (χ2n) is 3.40. The third-order valence-electron chi connectivity index (χ3n) is 1.98. The van der Waals surface area contributed by atoms with E-state index in [-0.39, 0.29) is 10.9 Å². The van der Waals surface area contributed by atoms with Crippen molar-refractivity contribution in [3.63, 3.8) is 0 Å². The molecule has 0 amide bonds. The van der Waals surface area contributed by atoms with Crippen LogP contribution < -0.4 is 4.74 Å². The van der Waals surface area contributed by atoms with Crippen LogP contribution in [0.5, 0.6) is 5.75 Å². The van der Waals surface area contributed by atoms with Crippen LogP contribution in [0.4, 0.5) is 5.69 Å². The lowest BCUT2D eigenvalue weighted by Gasteiger charge is -2.09. The number of ether oxygens (including phenoxy) is 1. The molecule has 0 N–H and O–H groups in total. The normalized spacial score (nSPS) is 12.2. The van der Waals surface area contributed by atoms with E-state index in [9.17, 15) is 10.1 Å². The minimum Gasteiger partial charge on any atom is -0.487 e. The van der Waals surface area contributed by atoms with Gasteiger partial charge in [0.05, 0.1) is 11.5 Å². The molecule has 1 rings (SSSR count). The number of benzene rings is 1. The van der Waals surface area contributed by atoms with Gasteiger partial charge in [-0.25, -0.2) is 0 Å². The van der Waals surface area contributed by atoms with Gasteiger partial charge in [0.25, 0.3) is 0 Å². The number of nitro groups is 1. The summed E-state index contributed by atoms with van der Waals surface area (Å²) >= 11 is 7.29. The molecule has 0 saturated carbocycles. The summed E-state index contributed by atoms with van der Waals surface area (Å²) in [6.45, 7) is 4.20. The predicted molar refractivity (Wildman–Crippen MR) is 70.3 cm³/mol. The van der Waals surface area contributed by atoms with Crippen molar-refractivity contribution in [2.45, 2.75) is 24.0 Å². The minimum atomic E-state index is -0.440. The first-order valence-electron chi connectivity index (χ1n) is 5.22. The molecule has 94 valence electrons. The molecule has 4 nitrogen and oxygen atoms in total. The Balaban J connectivity index is 2.96. The number of halogens is 1. The zero-order valence-electron chi connectivity index (χ0n) is 9.68. The van der Waals surface area contributed by atoms with E-state index in [2.05, 4.69) is 0 Å². The van der Waals surface area contributed by atoms with Gasteiger partial charge in [-0.3, -0.25) is 10.1 Å². The van der Waals surface area contributed by atoms with E-state index >= 15 is 0 Å². The second kappa shape index (κ2) is 6.71. The van der Waals surface area contributed by atoms with Gasteiger partial charge in [0, 0.05) is 28.2 Å². The second-order valence-corrected chi connectivity index (χ2v) is 5.22. The summed E-state index contributed by atoms with van der Waals surface area (Å²) in [5, 5.41) is 11.0. The fourth-order valence-electron chi connectivity index (χ4n) is 1.25. The van der Waals surface area contributed by atoms with Crippen molar-refractivity contribution in [2.75, 3.05) is 12.5 Å². The highest BCUT2D eigenvalue weighted by Crippen LogP contribution is 2.33. The van der Waals surface area contributed by atoms with Gasteiger partial charge in [-0.05, 0) is 13.0 Å². The smallest absolute Gasteiger partial charge is 0.310 e. The molecule has 0 heterocycles. The Morgan fingerprint density at radius 2 is 2.29 bits per heavy atom. The maximum atomic E-state index is 10.8. The molecule has 0 aliphatic carbocycles. The van der Waals surface area contributed by atoms with Crippen molar-refractivity contribution in [1.29, 1.82) is 0 Å². The molecule has 0 radical (unpaired) electrons. The van der Waals surface area contributed by atoms with Gasteiger partial charge >= 0.3 is 5.69 Å². The summed E-state index contributed by atoms with van der Waals surface area (Å²) in [6, 6.07) is 4.87. The average Bonchev–Trinajstić information content (AvgIpc) is 2.29. The maximum absolute atomic E-state index is 10.8. The number of hydrogen-bond acceptors (Lipinski definition) is 4. The van der Waals surface area contributed by atoms with Gasteiger partial charge in [-0.2, -0.15) is 0 Å². The zero-order valence-corrected chi connectivity index (χ0v) is 11.3. The standard InChI is InChI=1S/C11H14ClNO3S/c1-3-16-11-6-9(17-8(2)7-12)4-5-10(11)13(14)15/h4-6,8H,3,7H2,1-2H3. The molecule has 17 heavy (non-hydrogen) atoms. The molecular formula is C11H14ClNO3S. The summed E-state index contributed by atoms with van der Waals surface area (Å²) < 4.78 is 5.27. The Labute approximate surface area is 109 Å².